The minimum Gasteiger partial charge on any atom is -0.726 e. The minimum absolute atomic E-state index is 0.0914. The molecule has 2 aliphatic rings. The Hall–Kier alpha value is -2.16. The van der Waals surface area contributed by atoms with Gasteiger partial charge in [0.15, 0.2) is 5.71 Å². The fourth-order valence-corrected chi connectivity index (χ4v) is 5.98. The third kappa shape index (κ3) is 6.02. The van der Waals surface area contributed by atoms with E-state index in [2.05, 4.69) is 97.7 Å². The molecule has 2 aromatic carbocycles. The lowest BCUT2D eigenvalue weighted by molar-refractivity contribution is -0.433. The summed E-state index contributed by atoms with van der Waals surface area (Å²) >= 11 is 12.7. The van der Waals surface area contributed by atoms with Crippen LogP contribution in [0.4, 0.5) is 11.4 Å². The predicted octanol–water partition coefficient (Wildman–Crippen LogP) is 7.13. The summed E-state index contributed by atoms with van der Waals surface area (Å²) < 4.78 is 34.4. The highest BCUT2D eigenvalue weighted by molar-refractivity contribution is 7.80. The lowest BCUT2D eigenvalue weighted by Crippen LogP contribution is -2.28. The fraction of sp³-hybridized carbons (Fsp3) is 0.414. The second-order valence-corrected chi connectivity index (χ2v) is 12.1. The molecule has 0 fully saturated rings. The summed E-state index contributed by atoms with van der Waals surface area (Å²) in [6.45, 7) is 16.7. The number of hydrogen-bond donors (Lipinski definition) is 0. The van der Waals surface area contributed by atoms with Gasteiger partial charge in [0.1, 0.15) is 6.54 Å². The van der Waals surface area contributed by atoms with Crippen molar-refractivity contribution in [1.82, 2.24) is 0 Å². The zero-order valence-electron chi connectivity index (χ0n) is 23.0. The molecule has 4 rings (SSSR count). The third-order valence-corrected chi connectivity index (χ3v) is 8.11. The maximum Gasteiger partial charge on any atom is 0.217 e. The van der Waals surface area contributed by atoms with Crippen LogP contribution in [0.3, 0.4) is 0 Å². The molecule has 38 heavy (non-hydrogen) atoms. The van der Waals surface area contributed by atoms with Gasteiger partial charge in [-0.3, -0.25) is 4.18 Å². The molecule has 0 spiro atoms. The molecule has 0 radical (unpaired) electrons. The summed E-state index contributed by atoms with van der Waals surface area (Å²) in [6.07, 6.45) is 6.75. The number of likely N-dealkylation sites (N-methyl/N-ethyl adjacent to an activating group) is 1. The average Bonchev–Trinajstić information content (AvgIpc) is 3.16. The molecule has 0 bridgehead atoms. The van der Waals surface area contributed by atoms with Crippen LogP contribution in [0.15, 0.2) is 60.3 Å². The van der Waals surface area contributed by atoms with Crippen molar-refractivity contribution in [2.45, 2.75) is 59.3 Å². The van der Waals surface area contributed by atoms with Crippen LogP contribution in [-0.2, 0) is 25.4 Å². The molecule has 0 aliphatic carbocycles. The normalized spacial score (nSPS) is 18.6. The van der Waals surface area contributed by atoms with Gasteiger partial charge in [0, 0.05) is 51.1 Å². The van der Waals surface area contributed by atoms with E-state index in [4.69, 9.17) is 23.2 Å². The van der Waals surface area contributed by atoms with E-state index in [1.165, 1.54) is 40.8 Å². The van der Waals surface area contributed by atoms with Crippen LogP contribution in [0.5, 0.6) is 0 Å². The number of halogens is 2. The first-order valence-corrected chi connectivity index (χ1v) is 14.8. The minimum atomic E-state index is -4.42. The first kappa shape index (κ1) is 30.4. The molecule has 2 aliphatic heterocycles. The van der Waals surface area contributed by atoms with E-state index >= 15 is 0 Å². The topological polar surface area (TPSA) is 72.7 Å². The zero-order chi connectivity index (χ0) is 28.5. The molecule has 2 aromatic rings. The number of anilines is 1. The van der Waals surface area contributed by atoms with Gasteiger partial charge >= 0.3 is 0 Å². The molecule has 0 N–H and O–H groups in total. The SMILES string of the molecule is CCN1C(=CC=CC2=[N+](CC)c3ccc(Cl)cc3C2(C)C)C(C)(C)c2cc(Cl)ccc21.CCOS(=O)(=O)[O-]. The summed E-state index contributed by atoms with van der Waals surface area (Å²) in [4.78, 5) is 2.40. The van der Waals surface area contributed by atoms with E-state index in [1.807, 2.05) is 12.1 Å². The standard InChI is InChI=1S/C27H31Cl2N2.C2H6O4S/c1-7-30-22-14-12-18(28)16-20(22)26(3,4)24(30)10-9-11-25-27(5,6)21-17-19(29)13-15-23(21)31(25)8-2;1-2-6-7(3,4)5/h9-17H,7-8H2,1-6H3;2H2,1H3,(H,3,4,5)/q+1;/p-1. The van der Waals surface area contributed by atoms with Crippen molar-refractivity contribution in [3.8, 4) is 0 Å². The van der Waals surface area contributed by atoms with Crippen molar-refractivity contribution < 1.29 is 21.7 Å². The molecule has 0 amide bonds. The second-order valence-electron chi connectivity index (χ2n) is 10.2. The first-order valence-electron chi connectivity index (χ1n) is 12.7. The van der Waals surface area contributed by atoms with Crippen molar-refractivity contribution in [3.05, 3.63) is 81.5 Å². The Morgan fingerprint density at radius 1 is 0.974 bits per heavy atom. The molecular formula is C29H36Cl2N2O4S. The van der Waals surface area contributed by atoms with Gasteiger partial charge in [0.2, 0.25) is 16.1 Å². The van der Waals surface area contributed by atoms with Gasteiger partial charge in [-0.15, -0.1) is 0 Å². The van der Waals surface area contributed by atoms with Gasteiger partial charge in [0.25, 0.3) is 0 Å². The molecule has 9 heteroatoms. The Balaban J connectivity index is 0.000000505. The molecular weight excluding hydrogens is 543 g/mol. The Kier molecular flexibility index (Phi) is 9.21. The third-order valence-electron chi connectivity index (χ3n) is 7.11. The van der Waals surface area contributed by atoms with Crippen LogP contribution in [0, 0.1) is 0 Å². The lowest BCUT2D eigenvalue weighted by atomic mass is 9.81. The predicted molar refractivity (Wildman–Crippen MR) is 156 cm³/mol. The first-order chi connectivity index (χ1) is 17.7. The van der Waals surface area contributed by atoms with Crippen LogP contribution >= 0.6 is 23.2 Å². The van der Waals surface area contributed by atoms with Crippen molar-refractivity contribution >= 4 is 50.7 Å². The molecule has 0 saturated carbocycles. The summed E-state index contributed by atoms with van der Waals surface area (Å²) in [5.74, 6) is 0. The quantitative estimate of drug-likeness (QED) is 0.207. The number of allylic oxidation sites excluding steroid dienone is 4. The number of nitrogens with zero attached hydrogens (tertiary/aromatic N) is 2. The fourth-order valence-electron chi connectivity index (χ4n) is 5.35. The van der Waals surface area contributed by atoms with E-state index in [1.54, 1.807) is 0 Å². The maximum absolute atomic E-state index is 9.45. The van der Waals surface area contributed by atoms with E-state index in [0.717, 1.165) is 23.1 Å². The molecule has 0 unspecified atom stereocenters. The van der Waals surface area contributed by atoms with Crippen LogP contribution < -0.4 is 4.90 Å². The number of hydrogen-bond acceptors (Lipinski definition) is 5. The van der Waals surface area contributed by atoms with Crippen molar-refractivity contribution in [2.24, 2.45) is 0 Å². The lowest BCUT2D eigenvalue weighted by Gasteiger charge is -2.25. The van der Waals surface area contributed by atoms with E-state index in [-0.39, 0.29) is 17.4 Å². The van der Waals surface area contributed by atoms with Crippen LogP contribution in [0.25, 0.3) is 0 Å². The Labute approximate surface area is 237 Å². The molecule has 6 nitrogen and oxygen atoms in total. The molecule has 0 aromatic heterocycles. The Bertz CT molecular complexity index is 1410. The van der Waals surface area contributed by atoms with Crippen LogP contribution in [0.2, 0.25) is 10.0 Å². The second kappa shape index (κ2) is 11.5. The Morgan fingerprint density at radius 2 is 1.58 bits per heavy atom. The Morgan fingerprint density at radius 3 is 2.11 bits per heavy atom. The van der Waals surface area contributed by atoms with Crippen LogP contribution in [0.1, 0.15) is 59.6 Å². The summed E-state index contributed by atoms with van der Waals surface area (Å²) in [7, 11) is -4.42. The van der Waals surface area contributed by atoms with Gasteiger partial charge in [0.05, 0.1) is 12.0 Å². The van der Waals surface area contributed by atoms with E-state index < -0.39 is 10.4 Å². The number of fused-ring (bicyclic) bond motifs is 2. The molecule has 0 atom stereocenters. The van der Waals surface area contributed by atoms with E-state index in [9.17, 15) is 13.0 Å². The zero-order valence-corrected chi connectivity index (χ0v) is 25.3. The summed E-state index contributed by atoms with van der Waals surface area (Å²) in [5.41, 5.74) is 7.46. The maximum atomic E-state index is 9.45. The van der Waals surface area contributed by atoms with E-state index in [0.29, 0.717) is 0 Å². The summed E-state index contributed by atoms with van der Waals surface area (Å²) in [6, 6.07) is 12.5. The summed E-state index contributed by atoms with van der Waals surface area (Å²) in [5, 5.41) is 1.58. The number of rotatable bonds is 6. The van der Waals surface area contributed by atoms with Crippen molar-refractivity contribution in [3.63, 3.8) is 0 Å². The monoisotopic (exact) mass is 578 g/mol. The highest BCUT2D eigenvalue weighted by atomic mass is 35.5. The van der Waals surface area contributed by atoms with Gasteiger partial charge in [-0.05, 0) is 76.6 Å². The smallest absolute Gasteiger partial charge is 0.217 e. The van der Waals surface area contributed by atoms with Crippen molar-refractivity contribution in [1.29, 1.82) is 0 Å². The highest BCUT2D eigenvalue weighted by Crippen LogP contribution is 2.48. The largest absolute Gasteiger partial charge is 0.726 e. The van der Waals surface area contributed by atoms with Gasteiger partial charge in [-0.25, -0.2) is 8.42 Å². The van der Waals surface area contributed by atoms with Gasteiger partial charge in [-0.2, -0.15) is 4.58 Å². The molecule has 0 saturated heterocycles. The average molecular weight is 580 g/mol. The van der Waals surface area contributed by atoms with Crippen LogP contribution in [-0.4, -0.2) is 43.0 Å². The molecule has 2 heterocycles. The van der Waals surface area contributed by atoms with Crippen molar-refractivity contribution in [2.75, 3.05) is 24.6 Å². The highest BCUT2D eigenvalue weighted by Gasteiger charge is 2.44. The van der Waals surface area contributed by atoms with Gasteiger partial charge < -0.3 is 9.45 Å². The van der Waals surface area contributed by atoms with Gasteiger partial charge in [-0.1, -0.05) is 43.1 Å². The number of benzene rings is 2. The molecule has 206 valence electrons.